The molecule has 1 fully saturated rings. The van der Waals surface area contributed by atoms with Gasteiger partial charge in [0.15, 0.2) is 0 Å². The smallest absolute Gasteiger partial charge is 0.317 e. The summed E-state index contributed by atoms with van der Waals surface area (Å²) in [5.74, 6) is -0.489. The van der Waals surface area contributed by atoms with E-state index in [2.05, 4.69) is 20.2 Å². The SMILES string of the molecule is Cc1cnc2cccc(CNC(=O)N3CCN(c4ccnc(F)c4)CC3)n12. The number of hydrogen-bond donors (Lipinski definition) is 1. The molecular weight excluding hydrogens is 347 g/mol. The second kappa shape index (κ2) is 7.22. The van der Waals surface area contributed by atoms with E-state index in [1.165, 1.54) is 12.3 Å². The van der Waals surface area contributed by atoms with Crippen molar-refractivity contribution in [3.63, 3.8) is 0 Å². The molecule has 4 heterocycles. The Bertz CT molecular complexity index is 964. The summed E-state index contributed by atoms with van der Waals surface area (Å²) in [5.41, 5.74) is 3.69. The molecule has 0 unspecified atom stereocenters. The number of aromatic nitrogens is 3. The Morgan fingerprint density at radius 1 is 1.19 bits per heavy atom. The van der Waals surface area contributed by atoms with Gasteiger partial charge < -0.3 is 15.1 Å². The number of piperazine rings is 1. The Labute approximate surface area is 156 Å². The van der Waals surface area contributed by atoms with Crippen LogP contribution in [0.1, 0.15) is 11.4 Å². The maximum absolute atomic E-state index is 13.3. The van der Waals surface area contributed by atoms with E-state index in [9.17, 15) is 9.18 Å². The second-order valence-corrected chi connectivity index (χ2v) is 6.58. The fourth-order valence-corrected chi connectivity index (χ4v) is 3.44. The van der Waals surface area contributed by atoms with Crippen molar-refractivity contribution < 1.29 is 9.18 Å². The lowest BCUT2D eigenvalue weighted by Gasteiger charge is -2.36. The molecule has 3 aromatic heterocycles. The fraction of sp³-hybridized carbons (Fsp3) is 0.316. The molecule has 0 aromatic carbocycles. The van der Waals surface area contributed by atoms with Crippen LogP contribution < -0.4 is 10.2 Å². The van der Waals surface area contributed by atoms with E-state index in [1.807, 2.05) is 35.7 Å². The van der Waals surface area contributed by atoms with Crippen LogP contribution in [0.5, 0.6) is 0 Å². The van der Waals surface area contributed by atoms with Gasteiger partial charge in [0, 0.05) is 61.7 Å². The van der Waals surface area contributed by atoms with E-state index < -0.39 is 5.95 Å². The summed E-state index contributed by atoms with van der Waals surface area (Å²) in [4.78, 5) is 24.3. The molecule has 3 aromatic rings. The minimum atomic E-state index is -0.489. The number of imidazole rings is 1. The molecule has 8 heteroatoms. The predicted octanol–water partition coefficient (Wildman–Crippen LogP) is 2.21. The molecule has 0 radical (unpaired) electrons. The first kappa shape index (κ1) is 17.3. The second-order valence-electron chi connectivity index (χ2n) is 6.58. The zero-order valence-corrected chi connectivity index (χ0v) is 15.1. The van der Waals surface area contributed by atoms with Gasteiger partial charge in [-0.2, -0.15) is 4.39 Å². The molecule has 1 N–H and O–H groups in total. The lowest BCUT2D eigenvalue weighted by atomic mass is 10.2. The van der Waals surface area contributed by atoms with Crippen molar-refractivity contribution >= 4 is 17.4 Å². The van der Waals surface area contributed by atoms with Crippen LogP contribution in [-0.2, 0) is 6.54 Å². The Balaban J connectivity index is 1.35. The Kier molecular flexibility index (Phi) is 4.62. The topological polar surface area (TPSA) is 65.8 Å². The number of fused-ring (bicyclic) bond motifs is 1. The number of hydrogen-bond acceptors (Lipinski definition) is 4. The number of urea groups is 1. The lowest BCUT2D eigenvalue weighted by Crippen LogP contribution is -2.51. The van der Waals surface area contributed by atoms with Gasteiger partial charge in [0.25, 0.3) is 0 Å². The Hall–Kier alpha value is -3.16. The molecule has 0 bridgehead atoms. The number of rotatable bonds is 3. The largest absolute Gasteiger partial charge is 0.368 e. The van der Waals surface area contributed by atoms with Gasteiger partial charge in [-0.3, -0.25) is 4.40 Å². The van der Waals surface area contributed by atoms with Crippen LogP contribution >= 0.6 is 0 Å². The summed E-state index contributed by atoms with van der Waals surface area (Å²) >= 11 is 0. The van der Waals surface area contributed by atoms with Gasteiger partial charge in [0.2, 0.25) is 5.95 Å². The third kappa shape index (κ3) is 3.55. The molecular formula is C19H21FN6O. The molecule has 140 valence electrons. The van der Waals surface area contributed by atoms with Crippen LogP contribution in [-0.4, -0.2) is 51.5 Å². The van der Waals surface area contributed by atoms with Crippen molar-refractivity contribution in [3.05, 3.63) is 60.1 Å². The van der Waals surface area contributed by atoms with Crippen LogP contribution in [0.4, 0.5) is 14.9 Å². The van der Waals surface area contributed by atoms with E-state index in [0.717, 1.165) is 22.7 Å². The van der Waals surface area contributed by atoms with Crippen LogP contribution in [0.2, 0.25) is 0 Å². The molecule has 0 saturated carbocycles. The van der Waals surface area contributed by atoms with Crippen LogP contribution in [0, 0.1) is 12.9 Å². The number of amides is 2. The maximum atomic E-state index is 13.3. The first-order chi connectivity index (χ1) is 13.1. The van der Waals surface area contributed by atoms with E-state index in [0.29, 0.717) is 32.7 Å². The zero-order chi connectivity index (χ0) is 18.8. The molecule has 2 amide bonds. The first-order valence-electron chi connectivity index (χ1n) is 8.93. The molecule has 7 nitrogen and oxygen atoms in total. The highest BCUT2D eigenvalue weighted by Gasteiger charge is 2.21. The number of carbonyl (C=O) groups excluding carboxylic acids is 1. The molecule has 1 saturated heterocycles. The van der Waals surface area contributed by atoms with Crippen LogP contribution in [0.15, 0.2) is 42.7 Å². The highest BCUT2D eigenvalue weighted by atomic mass is 19.1. The molecule has 0 atom stereocenters. The predicted molar refractivity (Wildman–Crippen MR) is 100 cm³/mol. The van der Waals surface area contributed by atoms with Crippen molar-refractivity contribution in [2.24, 2.45) is 0 Å². The Morgan fingerprint density at radius 2 is 2.00 bits per heavy atom. The van der Waals surface area contributed by atoms with Crippen molar-refractivity contribution in [2.75, 3.05) is 31.1 Å². The van der Waals surface area contributed by atoms with Crippen molar-refractivity contribution in [2.45, 2.75) is 13.5 Å². The highest BCUT2D eigenvalue weighted by molar-refractivity contribution is 5.74. The third-order valence-electron chi connectivity index (χ3n) is 4.85. The summed E-state index contributed by atoms with van der Waals surface area (Å²) < 4.78 is 15.3. The molecule has 27 heavy (non-hydrogen) atoms. The van der Waals surface area contributed by atoms with Crippen molar-refractivity contribution in [1.29, 1.82) is 0 Å². The standard InChI is InChI=1S/C19H21FN6O/c1-14-12-22-18-4-2-3-16(26(14)18)13-23-19(27)25-9-7-24(8-10-25)15-5-6-21-17(20)11-15/h2-6,11-12H,7-10,13H2,1H3,(H,23,27). The molecule has 0 aliphatic carbocycles. The third-order valence-corrected chi connectivity index (χ3v) is 4.85. The highest BCUT2D eigenvalue weighted by Crippen LogP contribution is 2.16. The van der Waals surface area contributed by atoms with E-state index >= 15 is 0 Å². The lowest BCUT2D eigenvalue weighted by molar-refractivity contribution is 0.193. The van der Waals surface area contributed by atoms with Crippen molar-refractivity contribution in [1.82, 2.24) is 24.6 Å². The number of nitrogens with zero attached hydrogens (tertiary/aromatic N) is 5. The fourth-order valence-electron chi connectivity index (χ4n) is 3.44. The van der Waals surface area contributed by atoms with Crippen molar-refractivity contribution in [3.8, 4) is 0 Å². The number of carbonyl (C=O) groups is 1. The summed E-state index contributed by atoms with van der Waals surface area (Å²) in [7, 11) is 0. The van der Waals surface area contributed by atoms with E-state index in [1.54, 1.807) is 11.0 Å². The average Bonchev–Trinajstić information content (AvgIpc) is 3.08. The quantitative estimate of drug-likeness (QED) is 0.720. The van der Waals surface area contributed by atoms with Gasteiger partial charge in [0.05, 0.1) is 6.54 Å². The normalized spacial score (nSPS) is 14.6. The monoisotopic (exact) mass is 368 g/mol. The minimum absolute atomic E-state index is 0.0923. The van der Waals surface area contributed by atoms with Gasteiger partial charge in [0.1, 0.15) is 5.65 Å². The minimum Gasteiger partial charge on any atom is -0.368 e. The van der Waals surface area contributed by atoms with E-state index in [4.69, 9.17) is 0 Å². The van der Waals surface area contributed by atoms with Crippen LogP contribution in [0.3, 0.4) is 0 Å². The number of aryl methyl sites for hydroxylation is 1. The number of pyridine rings is 2. The number of nitrogens with one attached hydrogen (secondary N) is 1. The zero-order valence-electron chi connectivity index (χ0n) is 15.1. The molecule has 0 spiro atoms. The van der Waals surface area contributed by atoms with Gasteiger partial charge in [-0.1, -0.05) is 6.07 Å². The summed E-state index contributed by atoms with van der Waals surface area (Å²) in [6.07, 6.45) is 3.28. The maximum Gasteiger partial charge on any atom is 0.317 e. The van der Waals surface area contributed by atoms with E-state index in [-0.39, 0.29) is 6.03 Å². The summed E-state index contributed by atoms with van der Waals surface area (Å²) in [6, 6.07) is 8.98. The number of halogens is 1. The molecule has 1 aliphatic rings. The summed E-state index contributed by atoms with van der Waals surface area (Å²) in [6.45, 7) is 4.92. The van der Waals surface area contributed by atoms with Gasteiger partial charge in [-0.15, -0.1) is 0 Å². The summed E-state index contributed by atoms with van der Waals surface area (Å²) in [5, 5.41) is 2.99. The molecule has 1 aliphatic heterocycles. The first-order valence-corrected chi connectivity index (χ1v) is 8.93. The van der Waals surface area contributed by atoms with Gasteiger partial charge in [-0.25, -0.2) is 14.8 Å². The van der Waals surface area contributed by atoms with Gasteiger partial charge >= 0.3 is 6.03 Å². The average molecular weight is 368 g/mol. The molecule has 4 rings (SSSR count). The van der Waals surface area contributed by atoms with Crippen LogP contribution in [0.25, 0.3) is 5.65 Å². The van der Waals surface area contributed by atoms with Gasteiger partial charge in [-0.05, 0) is 25.1 Å². The Morgan fingerprint density at radius 3 is 2.78 bits per heavy atom. The number of anilines is 1.